The van der Waals surface area contributed by atoms with Crippen LogP contribution >= 0.6 is 0 Å². The van der Waals surface area contributed by atoms with Crippen LogP contribution in [0.1, 0.15) is 37.0 Å². The van der Waals surface area contributed by atoms with Crippen LogP contribution in [0, 0.1) is 0 Å². The smallest absolute Gasteiger partial charge is 0.217 e. The molecule has 0 spiro atoms. The summed E-state index contributed by atoms with van der Waals surface area (Å²) in [5.41, 5.74) is 3.19. The molecule has 1 aliphatic rings. The Labute approximate surface area is 231 Å². The molecule has 6 heteroatoms. The Hall–Kier alpha value is -3.29. The molecular weight excluding hydrogens is 490 g/mol. The minimum Gasteiger partial charge on any atom is -0.374 e. The predicted molar refractivity (Wildman–Crippen MR) is 152 cm³/mol. The first-order valence-electron chi connectivity index (χ1n) is 13.6. The molecule has 1 heterocycles. The molecule has 0 bridgehead atoms. The average Bonchev–Trinajstić information content (AvgIpc) is 2.96. The number of nitrogens with one attached hydrogen (secondary N) is 1. The Morgan fingerprint density at radius 3 is 1.79 bits per heavy atom. The van der Waals surface area contributed by atoms with Gasteiger partial charge in [0.25, 0.3) is 0 Å². The van der Waals surface area contributed by atoms with E-state index in [2.05, 4.69) is 11.4 Å². The molecular formula is C33H39NO5. The molecule has 3 aromatic rings. The average molecular weight is 530 g/mol. The third-order valence-corrected chi connectivity index (χ3v) is 6.73. The summed E-state index contributed by atoms with van der Waals surface area (Å²) in [5.74, 6) is -0.136. The Balaban J connectivity index is 1.60. The number of carbonyl (C=O) groups is 1. The molecule has 0 aliphatic carbocycles. The first-order valence-corrected chi connectivity index (χ1v) is 13.6. The van der Waals surface area contributed by atoms with E-state index in [0.29, 0.717) is 32.8 Å². The van der Waals surface area contributed by atoms with Gasteiger partial charge in [0.15, 0.2) is 0 Å². The molecule has 0 saturated carbocycles. The highest BCUT2D eigenvalue weighted by Crippen LogP contribution is 2.30. The minimum absolute atomic E-state index is 0.136. The maximum Gasteiger partial charge on any atom is 0.217 e. The van der Waals surface area contributed by atoms with Crippen molar-refractivity contribution in [1.82, 2.24) is 5.32 Å². The number of amides is 1. The number of hydrogen-bond acceptors (Lipinski definition) is 5. The van der Waals surface area contributed by atoms with E-state index < -0.39 is 24.4 Å². The standard InChI is InChI=1S/C33H39NO5/c1-3-4-20-29-31(34-25(2)35)33(38-23-28-18-12-7-13-19-28)32(37-22-27-16-10-6-11-17-27)30(39-29)24-36-21-26-14-8-5-9-15-26/h3-19,29-33H,20-24H2,1-2H3,(H,34,35)/b4-3+/t29-,30-,31+,32-,33-/m1/s1. The summed E-state index contributed by atoms with van der Waals surface area (Å²) in [6, 6.07) is 29.7. The van der Waals surface area contributed by atoms with Crippen molar-refractivity contribution in [3.8, 4) is 0 Å². The Morgan fingerprint density at radius 2 is 1.28 bits per heavy atom. The quantitative estimate of drug-likeness (QED) is 0.292. The van der Waals surface area contributed by atoms with Crippen molar-refractivity contribution in [3.63, 3.8) is 0 Å². The topological polar surface area (TPSA) is 66.0 Å². The zero-order valence-corrected chi connectivity index (χ0v) is 22.8. The van der Waals surface area contributed by atoms with Gasteiger partial charge in [-0.25, -0.2) is 0 Å². The molecule has 0 aromatic heterocycles. The Morgan fingerprint density at radius 1 is 0.769 bits per heavy atom. The van der Waals surface area contributed by atoms with Gasteiger partial charge in [0, 0.05) is 6.92 Å². The summed E-state index contributed by atoms with van der Waals surface area (Å²) < 4.78 is 25.9. The van der Waals surface area contributed by atoms with Crippen molar-refractivity contribution >= 4 is 5.91 Å². The summed E-state index contributed by atoms with van der Waals surface area (Å²) in [7, 11) is 0. The van der Waals surface area contributed by atoms with Crippen LogP contribution in [0.4, 0.5) is 0 Å². The summed E-state index contributed by atoms with van der Waals surface area (Å²) in [6.07, 6.45) is 3.07. The molecule has 0 unspecified atom stereocenters. The molecule has 39 heavy (non-hydrogen) atoms. The fourth-order valence-corrected chi connectivity index (χ4v) is 4.83. The summed E-state index contributed by atoms with van der Waals surface area (Å²) >= 11 is 0. The van der Waals surface area contributed by atoms with Crippen LogP contribution in [0.3, 0.4) is 0 Å². The molecule has 1 saturated heterocycles. The van der Waals surface area contributed by atoms with E-state index in [1.54, 1.807) is 0 Å². The lowest BCUT2D eigenvalue weighted by molar-refractivity contribution is -0.231. The second kappa shape index (κ2) is 15.3. The number of carbonyl (C=O) groups excluding carboxylic acids is 1. The van der Waals surface area contributed by atoms with Crippen molar-refractivity contribution in [2.24, 2.45) is 0 Å². The van der Waals surface area contributed by atoms with E-state index >= 15 is 0 Å². The van der Waals surface area contributed by atoms with Gasteiger partial charge >= 0.3 is 0 Å². The maximum absolute atomic E-state index is 12.3. The van der Waals surface area contributed by atoms with Gasteiger partial charge in [0.1, 0.15) is 18.3 Å². The molecule has 206 valence electrons. The van der Waals surface area contributed by atoms with Gasteiger partial charge in [-0.2, -0.15) is 0 Å². The molecule has 1 N–H and O–H groups in total. The van der Waals surface area contributed by atoms with Crippen LogP contribution in [0.5, 0.6) is 0 Å². The van der Waals surface area contributed by atoms with E-state index in [1.165, 1.54) is 6.92 Å². The van der Waals surface area contributed by atoms with Gasteiger partial charge in [0.05, 0.1) is 38.6 Å². The van der Waals surface area contributed by atoms with Crippen LogP contribution in [-0.4, -0.2) is 43.0 Å². The van der Waals surface area contributed by atoms with Gasteiger partial charge in [-0.3, -0.25) is 4.79 Å². The highest BCUT2D eigenvalue weighted by Gasteiger charge is 2.47. The largest absolute Gasteiger partial charge is 0.374 e. The third kappa shape index (κ3) is 8.87. The molecule has 5 atom stereocenters. The van der Waals surface area contributed by atoms with Crippen LogP contribution in [0.15, 0.2) is 103 Å². The second-order valence-corrected chi connectivity index (χ2v) is 9.77. The zero-order chi connectivity index (χ0) is 27.3. The third-order valence-electron chi connectivity index (χ3n) is 6.73. The van der Waals surface area contributed by atoms with Crippen molar-refractivity contribution in [2.75, 3.05) is 6.61 Å². The molecule has 0 radical (unpaired) electrons. The molecule has 3 aromatic carbocycles. The fourth-order valence-electron chi connectivity index (χ4n) is 4.83. The molecule has 1 aliphatic heterocycles. The van der Waals surface area contributed by atoms with E-state index in [0.717, 1.165) is 16.7 Å². The van der Waals surface area contributed by atoms with Crippen LogP contribution in [0.25, 0.3) is 0 Å². The number of rotatable bonds is 13. The summed E-state index contributed by atoms with van der Waals surface area (Å²) in [5, 5.41) is 3.11. The predicted octanol–water partition coefficient (Wildman–Crippen LogP) is 5.61. The number of ether oxygens (including phenoxy) is 4. The molecule has 1 amide bonds. The first-order chi connectivity index (χ1) is 19.1. The normalized spacial score (nSPS) is 23.1. The fraction of sp³-hybridized carbons (Fsp3) is 0.364. The van der Waals surface area contributed by atoms with Crippen molar-refractivity contribution in [2.45, 2.75) is 70.5 Å². The summed E-state index contributed by atoms with van der Waals surface area (Å²) in [6.45, 7) is 5.08. The number of allylic oxidation sites excluding steroid dienone is 1. The summed E-state index contributed by atoms with van der Waals surface area (Å²) in [4.78, 5) is 12.3. The zero-order valence-electron chi connectivity index (χ0n) is 22.8. The van der Waals surface area contributed by atoms with Gasteiger partial charge < -0.3 is 24.3 Å². The Bertz CT molecular complexity index is 1140. The van der Waals surface area contributed by atoms with Gasteiger partial charge in [-0.1, -0.05) is 103 Å². The minimum atomic E-state index is -0.469. The number of benzene rings is 3. The van der Waals surface area contributed by atoms with Gasteiger partial charge in [0.2, 0.25) is 5.91 Å². The van der Waals surface area contributed by atoms with E-state index in [-0.39, 0.29) is 12.0 Å². The SMILES string of the molecule is C/C=C/C[C@H]1O[C@H](COCc2ccccc2)[C@@H](OCc2ccccc2)[C@H](OCc2ccccc2)[C@H]1NC(C)=O. The van der Waals surface area contributed by atoms with Crippen molar-refractivity contribution in [3.05, 3.63) is 120 Å². The lowest BCUT2D eigenvalue weighted by Gasteiger charge is -2.46. The monoisotopic (exact) mass is 529 g/mol. The lowest BCUT2D eigenvalue weighted by atomic mass is 9.90. The van der Waals surface area contributed by atoms with Crippen LogP contribution in [0.2, 0.25) is 0 Å². The van der Waals surface area contributed by atoms with Crippen LogP contribution in [-0.2, 0) is 43.6 Å². The van der Waals surface area contributed by atoms with E-state index in [1.807, 2.05) is 104 Å². The van der Waals surface area contributed by atoms with Crippen LogP contribution < -0.4 is 5.32 Å². The van der Waals surface area contributed by atoms with Gasteiger partial charge in [-0.05, 0) is 30.0 Å². The highest BCUT2D eigenvalue weighted by atomic mass is 16.6. The van der Waals surface area contributed by atoms with Crippen molar-refractivity contribution < 1.29 is 23.7 Å². The second-order valence-electron chi connectivity index (χ2n) is 9.77. The maximum atomic E-state index is 12.3. The molecule has 1 fully saturated rings. The highest BCUT2D eigenvalue weighted by molar-refractivity contribution is 5.73. The number of hydrogen-bond donors (Lipinski definition) is 1. The first kappa shape index (κ1) is 28.7. The molecule has 4 rings (SSSR count). The lowest BCUT2D eigenvalue weighted by Crippen LogP contribution is -2.65. The van der Waals surface area contributed by atoms with Gasteiger partial charge in [-0.15, -0.1) is 0 Å². The Kier molecular flexibility index (Phi) is 11.3. The van der Waals surface area contributed by atoms with Crippen molar-refractivity contribution in [1.29, 1.82) is 0 Å². The molecule has 6 nitrogen and oxygen atoms in total. The van der Waals surface area contributed by atoms with E-state index in [9.17, 15) is 4.79 Å². The van der Waals surface area contributed by atoms with E-state index in [4.69, 9.17) is 18.9 Å².